The van der Waals surface area contributed by atoms with Gasteiger partial charge in [0.2, 0.25) is 0 Å². The van der Waals surface area contributed by atoms with Crippen LogP contribution in [0.4, 0.5) is 0 Å². The van der Waals surface area contributed by atoms with E-state index >= 15 is 0 Å². The zero-order valence-electron chi connectivity index (χ0n) is 14.4. The van der Waals surface area contributed by atoms with Crippen molar-refractivity contribution in [2.75, 3.05) is 27.3 Å². The first-order valence-corrected chi connectivity index (χ1v) is 8.23. The predicted octanol–water partition coefficient (Wildman–Crippen LogP) is 2.44. The monoisotopic (exact) mass is 329 g/mol. The van der Waals surface area contributed by atoms with Crippen LogP contribution in [0.3, 0.4) is 0 Å². The van der Waals surface area contributed by atoms with E-state index in [-0.39, 0.29) is 5.97 Å². The van der Waals surface area contributed by atoms with Crippen LogP contribution in [0.15, 0.2) is 24.3 Å². The molecule has 0 amide bonds. The van der Waals surface area contributed by atoms with Crippen LogP contribution in [0.2, 0.25) is 0 Å². The van der Waals surface area contributed by atoms with Crippen molar-refractivity contribution in [3.63, 3.8) is 0 Å². The van der Waals surface area contributed by atoms with Crippen LogP contribution in [0.1, 0.15) is 35.1 Å². The minimum Gasteiger partial charge on any atom is -0.497 e. The molecule has 0 saturated carbocycles. The summed E-state index contributed by atoms with van der Waals surface area (Å²) in [5.41, 5.74) is 3.42. The lowest BCUT2D eigenvalue weighted by atomic mass is 10.0. The van der Waals surface area contributed by atoms with Crippen molar-refractivity contribution < 1.29 is 14.3 Å². The smallest absolute Gasteiger partial charge is 0.358 e. The first kappa shape index (κ1) is 16.5. The molecule has 0 fully saturated rings. The molecular weight excluding hydrogens is 306 g/mol. The first-order chi connectivity index (χ1) is 11.7. The minimum absolute atomic E-state index is 0.378. The average molecular weight is 329 g/mol. The van der Waals surface area contributed by atoms with E-state index in [4.69, 9.17) is 9.47 Å². The Morgan fingerprint density at radius 2 is 2.00 bits per heavy atom. The molecule has 2 heterocycles. The van der Waals surface area contributed by atoms with Crippen molar-refractivity contribution >= 4 is 5.97 Å². The van der Waals surface area contributed by atoms with Gasteiger partial charge in [-0.3, -0.25) is 4.90 Å². The summed E-state index contributed by atoms with van der Waals surface area (Å²) in [4.78, 5) is 14.5. The highest BCUT2D eigenvalue weighted by Gasteiger charge is 2.28. The Kier molecular flexibility index (Phi) is 4.85. The molecule has 0 atom stereocenters. The highest BCUT2D eigenvalue weighted by atomic mass is 16.5. The molecule has 0 saturated heterocycles. The number of hydrogen-bond acceptors (Lipinski definition) is 5. The fraction of sp³-hybridized carbons (Fsp3) is 0.444. The molecule has 0 aliphatic carbocycles. The molecule has 3 rings (SSSR count). The lowest BCUT2D eigenvalue weighted by Crippen LogP contribution is -2.32. The molecule has 6 heteroatoms. The molecule has 1 aromatic heterocycles. The lowest BCUT2D eigenvalue weighted by molar-refractivity contribution is 0.0590. The van der Waals surface area contributed by atoms with Crippen LogP contribution >= 0.6 is 0 Å². The maximum Gasteiger partial charge on any atom is 0.358 e. The molecule has 6 nitrogen and oxygen atoms in total. The standard InChI is InChI=1S/C18H23N3O3/c1-4-10-20-11-9-16-15(12-20)17(18(22)24-3)19-21(16)13-5-7-14(23-2)8-6-13/h5-8H,4,9-12H2,1-3H3. The fourth-order valence-corrected chi connectivity index (χ4v) is 3.18. The quantitative estimate of drug-likeness (QED) is 0.789. The molecular formula is C18H23N3O3. The van der Waals surface area contributed by atoms with Gasteiger partial charge in [0.25, 0.3) is 0 Å². The second kappa shape index (κ2) is 7.05. The summed E-state index contributed by atoms with van der Waals surface area (Å²) in [6, 6.07) is 7.69. The van der Waals surface area contributed by atoms with Gasteiger partial charge < -0.3 is 9.47 Å². The molecule has 0 bridgehead atoms. The molecule has 0 unspecified atom stereocenters. The van der Waals surface area contributed by atoms with E-state index in [2.05, 4.69) is 16.9 Å². The van der Waals surface area contributed by atoms with Crippen LogP contribution in [-0.4, -0.2) is 48.0 Å². The Bertz CT molecular complexity index is 722. The number of hydrogen-bond donors (Lipinski definition) is 0. The van der Waals surface area contributed by atoms with Crippen molar-refractivity contribution in [1.82, 2.24) is 14.7 Å². The van der Waals surface area contributed by atoms with Gasteiger partial charge in [-0.05, 0) is 37.2 Å². The second-order valence-electron chi connectivity index (χ2n) is 5.90. The third-order valence-electron chi connectivity index (χ3n) is 4.37. The summed E-state index contributed by atoms with van der Waals surface area (Å²) < 4.78 is 12.0. The van der Waals surface area contributed by atoms with Gasteiger partial charge in [0.05, 0.1) is 25.6 Å². The van der Waals surface area contributed by atoms with Crippen molar-refractivity contribution in [3.05, 3.63) is 41.2 Å². The number of ether oxygens (including phenoxy) is 2. The van der Waals surface area contributed by atoms with Gasteiger partial charge in [-0.1, -0.05) is 6.92 Å². The molecule has 2 aromatic rings. The highest BCUT2D eigenvalue weighted by molar-refractivity contribution is 5.89. The maximum atomic E-state index is 12.2. The average Bonchev–Trinajstić information content (AvgIpc) is 3.00. The van der Waals surface area contributed by atoms with Gasteiger partial charge in [-0.2, -0.15) is 5.10 Å². The minimum atomic E-state index is -0.378. The number of carbonyl (C=O) groups is 1. The summed E-state index contributed by atoms with van der Waals surface area (Å²) >= 11 is 0. The number of benzene rings is 1. The molecule has 1 aromatic carbocycles. The topological polar surface area (TPSA) is 56.6 Å². The van der Waals surface area contributed by atoms with E-state index in [9.17, 15) is 4.79 Å². The molecule has 1 aliphatic heterocycles. The number of methoxy groups -OCH3 is 2. The third-order valence-corrected chi connectivity index (χ3v) is 4.37. The van der Waals surface area contributed by atoms with Crippen molar-refractivity contribution in [2.45, 2.75) is 26.3 Å². The van der Waals surface area contributed by atoms with E-state index in [0.29, 0.717) is 5.69 Å². The molecule has 0 radical (unpaired) electrons. The van der Waals surface area contributed by atoms with Crippen LogP contribution in [0.25, 0.3) is 5.69 Å². The predicted molar refractivity (Wildman–Crippen MR) is 90.7 cm³/mol. The van der Waals surface area contributed by atoms with Crippen LogP contribution in [0.5, 0.6) is 5.75 Å². The molecule has 24 heavy (non-hydrogen) atoms. The summed E-state index contributed by atoms with van der Waals surface area (Å²) in [6.07, 6.45) is 1.96. The van der Waals surface area contributed by atoms with Gasteiger partial charge in [-0.15, -0.1) is 0 Å². The molecule has 128 valence electrons. The lowest BCUT2D eigenvalue weighted by Gasteiger charge is -2.27. The third kappa shape index (κ3) is 3.01. The van der Waals surface area contributed by atoms with Crippen LogP contribution < -0.4 is 4.74 Å². The Morgan fingerprint density at radius 3 is 2.62 bits per heavy atom. The number of nitrogens with zero attached hydrogens (tertiary/aromatic N) is 3. The molecule has 0 N–H and O–H groups in total. The Hall–Kier alpha value is -2.34. The van der Waals surface area contributed by atoms with E-state index in [1.54, 1.807) is 7.11 Å². The van der Waals surface area contributed by atoms with Crippen molar-refractivity contribution in [2.24, 2.45) is 0 Å². The Morgan fingerprint density at radius 1 is 1.25 bits per heavy atom. The summed E-state index contributed by atoms with van der Waals surface area (Å²) in [5.74, 6) is 0.416. The summed E-state index contributed by atoms with van der Waals surface area (Å²) in [6.45, 7) is 4.90. The van der Waals surface area contributed by atoms with Crippen LogP contribution in [0, 0.1) is 0 Å². The van der Waals surface area contributed by atoms with Gasteiger partial charge in [-0.25, -0.2) is 9.48 Å². The zero-order valence-corrected chi connectivity index (χ0v) is 14.4. The molecule has 1 aliphatic rings. The fourth-order valence-electron chi connectivity index (χ4n) is 3.18. The number of rotatable bonds is 5. The first-order valence-electron chi connectivity index (χ1n) is 8.23. The van der Waals surface area contributed by atoms with E-state index in [1.807, 2.05) is 28.9 Å². The highest BCUT2D eigenvalue weighted by Crippen LogP contribution is 2.26. The van der Waals surface area contributed by atoms with E-state index in [0.717, 1.165) is 55.2 Å². The van der Waals surface area contributed by atoms with Crippen LogP contribution in [-0.2, 0) is 17.7 Å². The van der Waals surface area contributed by atoms with Crippen molar-refractivity contribution in [1.29, 1.82) is 0 Å². The van der Waals surface area contributed by atoms with E-state index in [1.165, 1.54) is 7.11 Å². The maximum absolute atomic E-state index is 12.2. The normalized spacial score (nSPS) is 14.3. The summed E-state index contributed by atoms with van der Waals surface area (Å²) in [7, 11) is 3.04. The molecule has 0 spiro atoms. The SMILES string of the molecule is CCCN1CCc2c(c(C(=O)OC)nn2-c2ccc(OC)cc2)C1. The van der Waals surface area contributed by atoms with Gasteiger partial charge in [0.1, 0.15) is 5.75 Å². The summed E-state index contributed by atoms with van der Waals surface area (Å²) in [5, 5.41) is 4.56. The number of esters is 1. The van der Waals surface area contributed by atoms with Gasteiger partial charge >= 0.3 is 5.97 Å². The second-order valence-corrected chi connectivity index (χ2v) is 5.90. The number of carbonyl (C=O) groups excluding carboxylic acids is 1. The largest absolute Gasteiger partial charge is 0.497 e. The van der Waals surface area contributed by atoms with Gasteiger partial charge in [0.15, 0.2) is 5.69 Å². The number of fused-ring (bicyclic) bond motifs is 1. The Balaban J connectivity index is 2.03. The van der Waals surface area contributed by atoms with E-state index < -0.39 is 0 Å². The number of aromatic nitrogens is 2. The Labute approximate surface area is 142 Å². The zero-order chi connectivity index (χ0) is 17.1. The van der Waals surface area contributed by atoms with Gasteiger partial charge in [0, 0.05) is 25.1 Å². The van der Waals surface area contributed by atoms with Crippen molar-refractivity contribution in [3.8, 4) is 11.4 Å².